The van der Waals surface area contributed by atoms with E-state index in [2.05, 4.69) is 31.3 Å². The molecule has 0 spiro atoms. The number of amides is 1. The van der Waals surface area contributed by atoms with Crippen molar-refractivity contribution in [3.05, 3.63) is 59.2 Å². The SMILES string of the molecule is Cc1ccc(NC(=O)[C@H](C)Oc2cc(C)ccc2C(C)C)cc1. The van der Waals surface area contributed by atoms with Gasteiger partial charge in [0.15, 0.2) is 6.10 Å². The van der Waals surface area contributed by atoms with Crippen molar-refractivity contribution < 1.29 is 9.53 Å². The molecule has 1 amide bonds. The number of benzene rings is 2. The molecule has 1 N–H and O–H groups in total. The van der Waals surface area contributed by atoms with E-state index in [1.54, 1.807) is 6.92 Å². The van der Waals surface area contributed by atoms with Crippen molar-refractivity contribution in [3.63, 3.8) is 0 Å². The van der Waals surface area contributed by atoms with Gasteiger partial charge in [-0.25, -0.2) is 0 Å². The molecule has 2 aromatic carbocycles. The van der Waals surface area contributed by atoms with Crippen molar-refractivity contribution in [1.29, 1.82) is 0 Å². The molecule has 0 saturated heterocycles. The van der Waals surface area contributed by atoms with E-state index in [1.165, 1.54) is 0 Å². The van der Waals surface area contributed by atoms with Crippen molar-refractivity contribution in [2.45, 2.75) is 46.6 Å². The molecule has 0 fully saturated rings. The van der Waals surface area contributed by atoms with Gasteiger partial charge in [-0.1, -0.05) is 43.7 Å². The molecule has 0 aliphatic heterocycles. The standard InChI is InChI=1S/C20H25NO2/c1-13(2)18-11-8-15(4)12-19(18)23-16(5)20(22)21-17-9-6-14(3)7-10-17/h6-13,16H,1-5H3,(H,21,22)/t16-/m0/s1. The van der Waals surface area contributed by atoms with E-state index in [4.69, 9.17) is 4.74 Å². The maximum absolute atomic E-state index is 12.3. The fourth-order valence-electron chi connectivity index (χ4n) is 2.35. The van der Waals surface area contributed by atoms with Crippen LogP contribution in [0, 0.1) is 13.8 Å². The molecule has 0 saturated carbocycles. The van der Waals surface area contributed by atoms with Gasteiger partial charge in [-0.15, -0.1) is 0 Å². The second-order valence-corrected chi connectivity index (χ2v) is 6.31. The van der Waals surface area contributed by atoms with Gasteiger partial charge in [-0.05, 0) is 56.0 Å². The minimum atomic E-state index is -0.560. The quantitative estimate of drug-likeness (QED) is 0.858. The summed E-state index contributed by atoms with van der Waals surface area (Å²) in [4.78, 5) is 12.3. The van der Waals surface area contributed by atoms with Crippen molar-refractivity contribution in [3.8, 4) is 5.75 Å². The van der Waals surface area contributed by atoms with Crippen molar-refractivity contribution in [1.82, 2.24) is 0 Å². The maximum Gasteiger partial charge on any atom is 0.265 e. The van der Waals surface area contributed by atoms with E-state index in [0.717, 1.165) is 28.1 Å². The third-order valence-corrected chi connectivity index (χ3v) is 3.78. The van der Waals surface area contributed by atoms with Crippen LogP contribution in [-0.2, 0) is 4.79 Å². The first-order chi connectivity index (χ1) is 10.9. The zero-order valence-corrected chi connectivity index (χ0v) is 14.5. The summed E-state index contributed by atoms with van der Waals surface area (Å²) < 4.78 is 5.93. The van der Waals surface area contributed by atoms with Crippen LogP contribution in [0.1, 0.15) is 43.4 Å². The second-order valence-electron chi connectivity index (χ2n) is 6.31. The summed E-state index contributed by atoms with van der Waals surface area (Å²) in [5, 5.41) is 2.89. The van der Waals surface area contributed by atoms with Crippen LogP contribution in [0.2, 0.25) is 0 Å². The van der Waals surface area contributed by atoms with E-state index < -0.39 is 6.10 Å². The van der Waals surface area contributed by atoms with Crippen LogP contribution in [0.4, 0.5) is 5.69 Å². The lowest BCUT2D eigenvalue weighted by molar-refractivity contribution is -0.122. The Kier molecular flexibility index (Phi) is 5.43. The molecule has 2 rings (SSSR count). The molecule has 0 heterocycles. The Hall–Kier alpha value is -2.29. The number of nitrogens with one attached hydrogen (secondary N) is 1. The Morgan fingerprint density at radius 1 is 0.957 bits per heavy atom. The number of rotatable bonds is 5. The normalized spacial score (nSPS) is 12.1. The van der Waals surface area contributed by atoms with E-state index in [9.17, 15) is 4.79 Å². The Balaban J connectivity index is 2.09. The summed E-state index contributed by atoms with van der Waals surface area (Å²) in [5.74, 6) is 0.981. The van der Waals surface area contributed by atoms with E-state index in [1.807, 2.05) is 44.2 Å². The van der Waals surface area contributed by atoms with Crippen LogP contribution < -0.4 is 10.1 Å². The van der Waals surface area contributed by atoms with Crippen molar-refractivity contribution in [2.24, 2.45) is 0 Å². The Labute approximate surface area is 138 Å². The Bertz CT molecular complexity index is 675. The molecule has 0 aliphatic rings. The Morgan fingerprint density at radius 2 is 1.57 bits per heavy atom. The molecular weight excluding hydrogens is 286 g/mol. The van der Waals surface area contributed by atoms with Gasteiger partial charge in [-0.3, -0.25) is 4.79 Å². The van der Waals surface area contributed by atoms with Crippen LogP contribution in [0.15, 0.2) is 42.5 Å². The summed E-state index contributed by atoms with van der Waals surface area (Å²) in [6, 6.07) is 13.9. The lowest BCUT2D eigenvalue weighted by atomic mass is 10.0. The van der Waals surface area contributed by atoms with Crippen LogP contribution >= 0.6 is 0 Å². The molecule has 0 unspecified atom stereocenters. The first kappa shape index (κ1) is 17.1. The minimum absolute atomic E-state index is 0.148. The third kappa shape index (κ3) is 4.59. The van der Waals surface area contributed by atoms with Gasteiger partial charge in [0.25, 0.3) is 5.91 Å². The van der Waals surface area contributed by atoms with E-state index in [-0.39, 0.29) is 5.91 Å². The van der Waals surface area contributed by atoms with Crippen LogP contribution in [-0.4, -0.2) is 12.0 Å². The van der Waals surface area contributed by atoms with Crippen LogP contribution in [0.25, 0.3) is 0 Å². The number of carbonyl (C=O) groups excluding carboxylic acids is 1. The van der Waals surface area contributed by atoms with Gasteiger partial charge in [-0.2, -0.15) is 0 Å². The van der Waals surface area contributed by atoms with E-state index >= 15 is 0 Å². The fraction of sp³-hybridized carbons (Fsp3) is 0.350. The molecule has 1 atom stereocenters. The monoisotopic (exact) mass is 311 g/mol. The number of carbonyl (C=O) groups is 1. The highest BCUT2D eigenvalue weighted by atomic mass is 16.5. The number of hydrogen-bond acceptors (Lipinski definition) is 2. The van der Waals surface area contributed by atoms with Gasteiger partial charge >= 0.3 is 0 Å². The summed E-state index contributed by atoms with van der Waals surface area (Å²) in [7, 11) is 0. The number of ether oxygens (including phenoxy) is 1. The summed E-state index contributed by atoms with van der Waals surface area (Å²) in [5.41, 5.74) is 4.18. The van der Waals surface area contributed by atoms with Crippen molar-refractivity contribution >= 4 is 11.6 Å². The molecule has 3 heteroatoms. The second kappa shape index (κ2) is 7.32. The molecule has 0 bridgehead atoms. The van der Waals surface area contributed by atoms with Gasteiger partial charge in [0.2, 0.25) is 0 Å². The highest BCUT2D eigenvalue weighted by Gasteiger charge is 2.17. The predicted molar refractivity (Wildman–Crippen MR) is 95.2 cm³/mol. The van der Waals surface area contributed by atoms with Gasteiger partial charge in [0.05, 0.1) is 0 Å². The summed E-state index contributed by atoms with van der Waals surface area (Å²) >= 11 is 0. The topological polar surface area (TPSA) is 38.3 Å². The highest BCUT2D eigenvalue weighted by Crippen LogP contribution is 2.28. The zero-order chi connectivity index (χ0) is 17.0. The van der Waals surface area contributed by atoms with Gasteiger partial charge in [0.1, 0.15) is 5.75 Å². The number of anilines is 1. The molecule has 23 heavy (non-hydrogen) atoms. The number of hydrogen-bond donors (Lipinski definition) is 1. The van der Waals surface area contributed by atoms with E-state index in [0.29, 0.717) is 5.92 Å². The molecule has 0 aromatic heterocycles. The minimum Gasteiger partial charge on any atom is -0.481 e. The van der Waals surface area contributed by atoms with Gasteiger partial charge < -0.3 is 10.1 Å². The lowest BCUT2D eigenvalue weighted by Gasteiger charge is -2.19. The maximum atomic E-state index is 12.3. The van der Waals surface area contributed by atoms with Crippen molar-refractivity contribution in [2.75, 3.05) is 5.32 Å². The summed E-state index contributed by atoms with van der Waals surface area (Å²) in [6.45, 7) is 10.1. The highest BCUT2D eigenvalue weighted by molar-refractivity contribution is 5.94. The first-order valence-electron chi connectivity index (χ1n) is 8.01. The molecular formula is C20H25NO2. The first-order valence-corrected chi connectivity index (χ1v) is 8.01. The molecule has 0 radical (unpaired) electrons. The zero-order valence-electron chi connectivity index (χ0n) is 14.5. The fourth-order valence-corrected chi connectivity index (χ4v) is 2.35. The molecule has 2 aromatic rings. The lowest BCUT2D eigenvalue weighted by Crippen LogP contribution is -2.30. The van der Waals surface area contributed by atoms with Gasteiger partial charge in [0, 0.05) is 5.69 Å². The average molecular weight is 311 g/mol. The van der Waals surface area contributed by atoms with Crippen LogP contribution in [0.5, 0.6) is 5.75 Å². The molecule has 122 valence electrons. The Morgan fingerprint density at radius 3 is 2.17 bits per heavy atom. The predicted octanol–water partition coefficient (Wildman–Crippen LogP) is 4.83. The molecule has 3 nitrogen and oxygen atoms in total. The third-order valence-electron chi connectivity index (χ3n) is 3.78. The summed E-state index contributed by atoms with van der Waals surface area (Å²) in [6.07, 6.45) is -0.560. The molecule has 0 aliphatic carbocycles. The van der Waals surface area contributed by atoms with Crippen LogP contribution in [0.3, 0.4) is 0 Å². The smallest absolute Gasteiger partial charge is 0.265 e. The average Bonchev–Trinajstić information content (AvgIpc) is 2.49. The number of aryl methyl sites for hydroxylation is 2. The largest absolute Gasteiger partial charge is 0.481 e.